The second kappa shape index (κ2) is 8.11. The van der Waals surface area contributed by atoms with Gasteiger partial charge in [-0.1, -0.05) is 6.92 Å². The molecule has 5 nitrogen and oxygen atoms in total. The van der Waals surface area contributed by atoms with Gasteiger partial charge in [0.15, 0.2) is 0 Å². The monoisotopic (exact) mass is 357 g/mol. The number of aryl methyl sites for hydroxylation is 1. The fraction of sp³-hybridized carbons (Fsp3) is 0.619. The number of anilines is 1. The second-order valence-electron chi connectivity index (χ2n) is 7.97. The summed E-state index contributed by atoms with van der Waals surface area (Å²) in [4.78, 5) is 26.7. The lowest BCUT2D eigenvalue weighted by atomic mass is 10.0. The number of hydrogen-bond donors (Lipinski definition) is 2. The Labute approximate surface area is 156 Å². The van der Waals surface area contributed by atoms with Gasteiger partial charge in [0, 0.05) is 43.9 Å². The number of hydrogen-bond acceptors (Lipinski definition) is 3. The van der Waals surface area contributed by atoms with Crippen LogP contribution in [-0.2, 0) is 11.2 Å². The third-order valence-corrected chi connectivity index (χ3v) is 5.64. The number of amides is 2. The molecule has 2 aliphatic rings. The van der Waals surface area contributed by atoms with E-state index in [-0.39, 0.29) is 17.2 Å². The average Bonchev–Trinajstić information content (AvgIpc) is 3.39. The van der Waals surface area contributed by atoms with Gasteiger partial charge in [0.2, 0.25) is 5.91 Å². The van der Waals surface area contributed by atoms with E-state index in [4.69, 9.17) is 0 Å². The summed E-state index contributed by atoms with van der Waals surface area (Å²) in [6.07, 6.45) is 6.26. The Morgan fingerprint density at radius 2 is 2.08 bits per heavy atom. The van der Waals surface area contributed by atoms with Crippen molar-refractivity contribution in [2.45, 2.75) is 52.4 Å². The number of benzene rings is 1. The first-order valence-electron chi connectivity index (χ1n) is 9.93. The Morgan fingerprint density at radius 1 is 1.27 bits per heavy atom. The SMILES string of the molecule is CCN(CCNC(=O)c1ccc2c(c1)CCCCN2)C(=O)CC1(C)CC1. The summed E-state index contributed by atoms with van der Waals surface area (Å²) in [6, 6.07) is 5.89. The van der Waals surface area contributed by atoms with E-state index in [2.05, 4.69) is 17.6 Å². The van der Waals surface area contributed by atoms with Crippen LogP contribution in [0.15, 0.2) is 18.2 Å². The number of nitrogens with zero attached hydrogens (tertiary/aromatic N) is 1. The molecule has 0 spiro atoms. The first-order chi connectivity index (χ1) is 12.5. The van der Waals surface area contributed by atoms with Gasteiger partial charge < -0.3 is 15.5 Å². The molecule has 0 atom stereocenters. The molecule has 1 saturated carbocycles. The van der Waals surface area contributed by atoms with Crippen LogP contribution in [0.2, 0.25) is 0 Å². The molecule has 1 fully saturated rings. The smallest absolute Gasteiger partial charge is 0.251 e. The van der Waals surface area contributed by atoms with E-state index in [9.17, 15) is 9.59 Å². The summed E-state index contributed by atoms with van der Waals surface area (Å²) >= 11 is 0. The van der Waals surface area contributed by atoms with Crippen molar-refractivity contribution in [1.29, 1.82) is 0 Å². The fourth-order valence-corrected chi connectivity index (χ4v) is 3.51. The third-order valence-electron chi connectivity index (χ3n) is 5.64. The minimum absolute atomic E-state index is 0.0605. The summed E-state index contributed by atoms with van der Waals surface area (Å²) in [5.74, 6) is 0.146. The zero-order chi connectivity index (χ0) is 18.6. The molecule has 0 saturated heterocycles. The summed E-state index contributed by atoms with van der Waals surface area (Å²) in [5.41, 5.74) is 3.30. The van der Waals surface area contributed by atoms with Crippen molar-refractivity contribution < 1.29 is 9.59 Å². The van der Waals surface area contributed by atoms with Crippen molar-refractivity contribution in [1.82, 2.24) is 10.2 Å². The molecular formula is C21H31N3O2. The highest BCUT2D eigenvalue weighted by Gasteiger charge is 2.39. The summed E-state index contributed by atoms with van der Waals surface area (Å²) in [5, 5.41) is 6.38. The molecule has 3 rings (SSSR count). The molecule has 0 aromatic heterocycles. The maximum Gasteiger partial charge on any atom is 0.251 e. The molecule has 0 unspecified atom stereocenters. The van der Waals surface area contributed by atoms with Crippen LogP contribution >= 0.6 is 0 Å². The van der Waals surface area contributed by atoms with Crippen molar-refractivity contribution in [3.63, 3.8) is 0 Å². The highest BCUT2D eigenvalue weighted by atomic mass is 16.2. The largest absolute Gasteiger partial charge is 0.385 e. The van der Waals surface area contributed by atoms with Crippen LogP contribution in [-0.4, -0.2) is 42.9 Å². The molecular weight excluding hydrogens is 326 g/mol. The lowest BCUT2D eigenvalue weighted by molar-refractivity contribution is -0.132. The minimum Gasteiger partial charge on any atom is -0.385 e. The highest BCUT2D eigenvalue weighted by molar-refractivity contribution is 5.95. The first kappa shape index (κ1) is 18.7. The Morgan fingerprint density at radius 3 is 2.81 bits per heavy atom. The summed E-state index contributed by atoms with van der Waals surface area (Å²) in [7, 11) is 0. The number of nitrogens with one attached hydrogen (secondary N) is 2. The van der Waals surface area contributed by atoms with Gasteiger partial charge in [-0.05, 0) is 68.2 Å². The lowest BCUT2D eigenvalue weighted by Crippen LogP contribution is -2.39. The van der Waals surface area contributed by atoms with Crippen LogP contribution in [0.4, 0.5) is 5.69 Å². The zero-order valence-corrected chi connectivity index (χ0v) is 16.1. The third kappa shape index (κ3) is 4.77. The summed E-state index contributed by atoms with van der Waals surface area (Å²) < 4.78 is 0. The average molecular weight is 357 g/mol. The van der Waals surface area contributed by atoms with Crippen LogP contribution in [0.3, 0.4) is 0 Å². The lowest BCUT2D eigenvalue weighted by Gasteiger charge is -2.22. The molecule has 1 aliphatic heterocycles. The predicted molar refractivity (Wildman–Crippen MR) is 104 cm³/mol. The fourth-order valence-electron chi connectivity index (χ4n) is 3.51. The highest BCUT2D eigenvalue weighted by Crippen LogP contribution is 2.48. The molecule has 1 aromatic carbocycles. The maximum absolute atomic E-state index is 12.5. The molecule has 142 valence electrons. The van der Waals surface area contributed by atoms with Gasteiger partial charge >= 0.3 is 0 Å². The molecule has 0 radical (unpaired) electrons. The summed E-state index contributed by atoms with van der Waals surface area (Å²) in [6.45, 7) is 6.92. The van der Waals surface area contributed by atoms with Crippen LogP contribution < -0.4 is 10.6 Å². The molecule has 2 N–H and O–H groups in total. The number of likely N-dealkylation sites (N-methyl/N-ethyl adjacent to an activating group) is 1. The van der Waals surface area contributed by atoms with Crippen molar-refractivity contribution in [3.05, 3.63) is 29.3 Å². The van der Waals surface area contributed by atoms with Crippen molar-refractivity contribution in [2.24, 2.45) is 5.41 Å². The van der Waals surface area contributed by atoms with Crippen molar-refractivity contribution in [2.75, 3.05) is 31.5 Å². The van der Waals surface area contributed by atoms with Gasteiger partial charge in [-0.2, -0.15) is 0 Å². The van der Waals surface area contributed by atoms with E-state index in [0.717, 1.165) is 44.3 Å². The topological polar surface area (TPSA) is 61.4 Å². The standard InChI is InChI=1S/C21H31N3O2/c1-3-24(19(25)15-21(2)9-10-21)13-12-23-20(26)17-7-8-18-16(14-17)6-4-5-11-22-18/h7-8,14,22H,3-6,9-13,15H2,1-2H3,(H,23,26). The van der Waals surface area contributed by atoms with Gasteiger partial charge in [0.1, 0.15) is 0 Å². The predicted octanol–water partition coefficient (Wildman–Crippen LogP) is 3.20. The van der Waals surface area contributed by atoms with E-state index in [0.29, 0.717) is 31.6 Å². The Hall–Kier alpha value is -2.04. The quantitative estimate of drug-likeness (QED) is 0.788. The molecule has 26 heavy (non-hydrogen) atoms. The number of rotatable bonds is 7. The van der Waals surface area contributed by atoms with Crippen molar-refractivity contribution in [3.8, 4) is 0 Å². The van der Waals surface area contributed by atoms with E-state index in [1.54, 1.807) is 0 Å². The van der Waals surface area contributed by atoms with E-state index >= 15 is 0 Å². The van der Waals surface area contributed by atoms with E-state index in [1.165, 1.54) is 5.56 Å². The maximum atomic E-state index is 12.5. The Kier molecular flexibility index (Phi) is 5.84. The van der Waals surface area contributed by atoms with E-state index < -0.39 is 0 Å². The van der Waals surface area contributed by atoms with Crippen LogP contribution in [0.25, 0.3) is 0 Å². The first-order valence-corrected chi connectivity index (χ1v) is 9.93. The molecule has 2 amide bonds. The van der Waals surface area contributed by atoms with Crippen molar-refractivity contribution >= 4 is 17.5 Å². The van der Waals surface area contributed by atoms with Gasteiger partial charge in [-0.15, -0.1) is 0 Å². The molecule has 5 heteroatoms. The van der Waals surface area contributed by atoms with Gasteiger partial charge in [-0.25, -0.2) is 0 Å². The number of carbonyl (C=O) groups is 2. The molecule has 1 heterocycles. The van der Waals surface area contributed by atoms with Gasteiger partial charge in [-0.3, -0.25) is 9.59 Å². The Bertz CT molecular complexity index is 667. The Balaban J connectivity index is 1.50. The van der Waals surface area contributed by atoms with Crippen LogP contribution in [0.5, 0.6) is 0 Å². The second-order valence-corrected chi connectivity index (χ2v) is 7.97. The molecule has 1 aliphatic carbocycles. The minimum atomic E-state index is -0.0605. The van der Waals surface area contributed by atoms with Crippen LogP contribution in [0.1, 0.15) is 61.9 Å². The van der Waals surface area contributed by atoms with E-state index in [1.807, 2.05) is 30.0 Å². The number of carbonyl (C=O) groups excluding carboxylic acids is 2. The molecule has 0 bridgehead atoms. The van der Waals surface area contributed by atoms with Crippen LogP contribution in [0, 0.1) is 5.41 Å². The van der Waals surface area contributed by atoms with Gasteiger partial charge in [0.25, 0.3) is 5.91 Å². The molecule has 1 aromatic rings. The van der Waals surface area contributed by atoms with Gasteiger partial charge in [0.05, 0.1) is 0 Å². The zero-order valence-electron chi connectivity index (χ0n) is 16.1. The normalized spacial score (nSPS) is 17.5. The number of fused-ring (bicyclic) bond motifs is 1.